The lowest BCUT2D eigenvalue weighted by molar-refractivity contribution is -0.136. The first-order chi connectivity index (χ1) is 11.8. The van der Waals surface area contributed by atoms with Gasteiger partial charge in [0.15, 0.2) is 0 Å². The Balaban J connectivity index is 0.00000225. The lowest BCUT2D eigenvalue weighted by Crippen LogP contribution is -2.49. The van der Waals surface area contributed by atoms with Gasteiger partial charge in [-0.3, -0.25) is 4.79 Å². The first-order valence-corrected chi connectivity index (χ1v) is 8.35. The molecule has 6 nitrogen and oxygen atoms in total. The number of halogens is 1. The Morgan fingerprint density at radius 3 is 2.88 bits per heavy atom. The highest BCUT2D eigenvalue weighted by molar-refractivity contribution is 5.85. The molecule has 1 amide bonds. The van der Waals surface area contributed by atoms with Crippen LogP contribution < -0.4 is 5.32 Å². The molecule has 1 unspecified atom stereocenters. The van der Waals surface area contributed by atoms with Crippen LogP contribution in [-0.4, -0.2) is 46.6 Å². The Kier molecular flexibility index (Phi) is 7.43. The van der Waals surface area contributed by atoms with Gasteiger partial charge in [0.1, 0.15) is 11.9 Å². The zero-order chi connectivity index (χ0) is 16.8. The van der Waals surface area contributed by atoms with E-state index in [0.29, 0.717) is 26.2 Å². The van der Waals surface area contributed by atoms with E-state index in [1.165, 1.54) is 0 Å². The van der Waals surface area contributed by atoms with Crippen molar-refractivity contribution < 1.29 is 9.53 Å². The summed E-state index contributed by atoms with van der Waals surface area (Å²) in [6.45, 7) is 3.23. The van der Waals surface area contributed by atoms with E-state index in [2.05, 4.69) is 10.3 Å². The number of carbonyl (C=O) groups excluding carboxylic acids is 1. The Bertz CT molecular complexity index is 662. The molecule has 1 fully saturated rings. The van der Waals surface area contributed by atoms with E-state index in [9.17, 15) is 4.79 Å². The van der Waals surface area contributed by atoms with Crippen molar-refractivity contribution in [2.45, 2.75) is 19.1 Å². The highest BCUT2D eigenvalue weighted by atomic mass is 35.5. The van der Waals surface area contributed by atoms with Gasteiger partial charge >= 0.3 is 0 Å². The summed E-state index contributed by atoms with van der Waals surface area (Å²) in [5, 5.41) is 3.35. The number of rotatable bonds is 6. The van der Waals surface area contributed by atoms with Gasteiger partial charge in [-0.05, 0) is 5.56 Å². The van der Waals surface area contributed by atoms with E-state index < -0.39 is 0 Å². The molecule has 2 aromatic rings. The van der Waals surface area contributed by atoms with Crippen LogP contribution in [-0.2, 0) is 23.2 Å². The fourth-order valence-electron chi connectivity index (χ4n) is 3.00. The Morgan fingerprint density at radius 2 is 2.16 bits per heavy atom. The fraction of sp³-hybridized carbons (Fsp3) is 0.444. The van der Waals surface area contributed by atoms with Crippen molar-refractivity contribution in [2.75, 3.05) is 26.2 Å². The van der Waals surface area contributed by atoms with Crippen LogP contribution in [0.25, 0.3) is 0 Å². The van der Waals surface area contributed by atoms with Crippen molar-refractivity contribution in [3.8, 4) is 0 Å². The van der Waals surface area contributed by atoms with Crippen molar-refractivity contribution >= 4 is 18.3 Å². The molecule has 1 aromatic heterocycles. The number of ether oxygens (including phenoxy) is 1. The number of hydrogen-bond donors (Lipinski definition) is 1. The molecule has 25 heavy (non-hydrogen) atoms. The molecule has 3 rings (SSSR count). The van der Waals surface area contributed by atoms with Gasteiger partial charge in [0, 0.05) is 39.1 Å². The van der Waals surface area contributed by atoms with E-state index >= 15 is 0 Å². The zero-order valence-electron chi connectivity index (χ0n) is 14.4. The molecule has 1 aromatic carbocycles. The highest BCUT2D eigenvalue weighted by Gasteiger charge is 2.29. The van der Waals surface area contributed by atoms with Crippen molar-refractivity contribution in [2.24, 2.45) is 7.05 Å². The van der Waals surface area contributed by atoms with Gasteiger partial charge < -0.3 is 19.5 Å². The minimum Gasteiger partial charge on any atom is -0.376 e. The number of aromatic nitrogens is 2. The number of amides is 1. The van der Waals surface area contributed by atoms with Crippen LogP contribution in [0.4, 0.5) is 0 Å². The minimum absolute atomic E-state index is 0. The summed E-state index contributed by atoms with van der Waals surface area (Å²) in [6.07, 6.45) is 4.08. The quantitative estimate of drug-likeness (QED) is 0.796. The summed E-state index contributed by atoms with van der Waals surface area (Å²) < 4.78 is 7.62. The number of hydrogen-bond acceptors (Lipinski definition) is 4. The van der Waals surface area contributed by atoms with Crippen LogP contribution in [0.2, 0.25) is 0 Å². The summed E-state index contributed by atoms with van der Waals surface area (Å²) >= 11 is 0. The predicted octanol–water partition coefficient (Wildman–Crippen LogP) is 1.92. The van der Waals surface area contributed by atoms with Crippen LogP contribution in [0.15, 0.2) is 42.7 Å². The lowest BCUT2D eigenvalue weighted by Gasteiger charge is -2.35. The molecule has 1 atom stereocenters. The Labute approximate surface area is 154 Å². The first-order valence-electron chi connectivity index (χ1n) is 8.35. The molecule has 0 spiro atoms. The van der Waals surface area contributed by atoms with Crippen molar-refractivity contribution in [1.82, 2.24) is 19.8 Å². The summed E-state index contributed by atoms with van der Waals surface area (Å²) in [5.41, 5.74) is 1.12. The number of aryl methyl sites for hydroxylation is 1. The van der Waals surface area contributed by atoms with Gasteiger partial charge in [-0.25, -0.2) is 4.98 Å². The number of carbonyl (C=O) groups is 1. The largest absolute Gasteiger partial charge is 0.376 e. The van der Waals surface area contributed by atoms with Gasteiger partial charge in [0.25, 0.3) is 0 Å². The maximum Gasteiger partial charge on any atom is 0.225 e. The summed E-state index contributed by atoms with van der Waals surface area (Å²) in [7, 11) is 1.96. The summed E-state index contributed by atoms with van der Waals surface area (Å²) in [4.78, 5) is 18.9. The smallest absolute Gasteiger partial charge is 0.225 e. The van der Waals surface area contributed by atoms with Gasteiger partial charge in [0.2, 0.25) is 5.91 Å². The van der Waals surface area contributed by atoms with E-state index in [4.69, 9.17) is 4.74 Å². The average molecular weight is 365 g/mol. The highest BCUT2D eigenvalue weighted by Crippen LogP contribution is 2.21. The molecular formula is C18H25ClN4O2. The molecule has 0 radical (unpaired) electrons. The molecule has 0 aliphatic carbocycles. The second-order valence-corrected chi connectivity index (χ2v) is 5.99. The standard InChI is InChI=1S/C18H24N4O2.ClH/c1-21-10-9-20-18(21)16-13-19-8-11-22(16)17(23)7-12-24-14-15-5-3-2-4-6-15;/h2-6,9-10,16,19H,7-8,11-14H2,1H3;1H. The molecule has 0 saturated carbocycles. The van der Waals surface area contributed by atoms with Crippen molar-refractivity contribution in [1.29, 1.82) is 0 Å². The number of nitrogens with zero attached hydrogens (tertiary/aromatic N) is 3. The third-order valence-electron chi connectivity index (χ3n) is 4.29. The number of imidazole rings is 1. The molecule has 1 N–H and O–H groups in total. The Hall–Kier alpha value is -1.89. The molecule has 1 aliphatic heterocycles. The van der Waals surface area contributed by atoms with E-state index in [1.807, 2.05) is 53.0 Å². The molecule has 1 saturated heterocycles. The molecular weight excluding hydrogens is 340 g/mol. The van der Waals surface area contributed by atoms with Gasteiger partial charge in [-0.1, -0.05) is 30.3 Å². The predicted molar refractivity (Wildman–Crippen MR) is 98.5 cm³/mol. The number of piperazine rings is 1. The van der Waals surface area contributed by atoms with E-state index in [1.54, 1.807) is 6.20 Å². The summed E-state index contributed by atoms with van der Waals surface area (Å²) in [6, 6.07) is 9.99. The maximum atomic E-state index is 12.6. The lowest BCUT2D eigenvalue weighted by atomic mass is 10.1. The normalized spacial score (nSPS) is 17.2. The molecule has 0 bridgehead atoms. The van der Waals surface area contributed by atoms with Gasteiger partial charge in [0.05, 0.1) is 19.6 Å². The molecule has 1 aliphatic rings. The third kappa shape index (κ3) is 5.04. The molecule has 2 heterocycles. The number of nitrogens with one attached hydrogen (secondary N) is 1. The first kappa shape index (κ1) is 19.4. The minimum atomic E-state index is -0.0135. The van der Waals surface area contributed by atoms with Crippen LogP contribution in [0.3, 0.4) is 0 Å². The second kappa shape index (κ2) is 9.56. The maximum absolute atomic E-state index is 12.6. The average Bonchev–Trinajstić information content (AvgIpc) is 3.05. The van der Waals surface area contributed by atoms with Crippen molar-refractivity contribution in [3.05, 3.63) is 54.1 Å². The number of benzene rings is 1. The monoisotopic (exact) mass is 364 g/mol. The van der Waals surface area contributed by atoms with Crippen molar-refractivity contribution in [3.63, 3.8) is 0 Å². The Morgan fingerprint density at radius 1 is 1.36 bits per heavy atom. The fourth-order valence-corrected chi connectivity index (χ4v) is 3.00. The third-order valence-corrected chi connectivity index (χ3v) is 4.29. The van der Waals surface area contributed by atoms with E-state index in [-0.39, 0.29) is 24.4 Å². The second-order valence-electron chi connectivity index (χ2n) is 5.99. The molecule has 136 valence electrons. The van der Waals surface area contributed by atoms with Crippen LogP contribution in [0, 0.1) is 0 Å². The van der Waals surface area contributed by atoms with Crippen LogP contribution in [0.1, 0.15) is 23.9 Å². The topological polar surface area (TPSA) is 59.4 Å². The molecule has 7 heteroatoms. The van der Waals surface area contributed by atoms with Crippen LogP contribution >= 0.6 is 12.4 Å². The SMILES string of the molecule is Cl.Cn1ccnc1C1CNCCN1C(=O)CCOCc1ccccc1. The summed E-state index contributed by atoms with van der Waals surface area (Å²) in [5.74, 6) is 1.04. The van der Waals surface area contributed by atoms with Crippen LogP contribution in [0.5, 0.6) is 0 Å². The van der Waals surface area contributed by atoms with Gasteiger partial charge in [-0.2, -0.15) is 0 Å². The van der Waals surface area contributed by atoms with E-state index in [0.717, 1.165) is 24.5 Å². The zero-order valence-corrected chi connectivity index (χ0v) is 15.2. The van der Waals surface area contributed by atoms with Gasteiger partial charge in [-0.15, -0.1) is 12.4 Å².